The lowest BCUT2D eigenvalue weighted by Gasteiger charge is -2.12. The second kappa shape index (κ2) is 4.37. The molecule has 3 N–H and O–H groups in total. The van der Waals surface area contributed by atoms with Crippen molar-refractivity contribution < 1.29 is 15.3 Å². The first kappa shape index (κ1) is 10.2. The van der Waals surface area contributed by atoms with E-state index in [1.54, 1.807) is 0 Å². The summed E-state index contributed by atoms with van der Waals surface area (Å²) in [5.74, 6) is -2.52. The van der Waals surface area contributed by atoms with E-state index in [1.165, 1.54) is 0 Å². The van der Waals surface area contributed by atoms with Gasteiger partial charge in [-0.25, -0.2) is 0 Å². The van der Waals surface area contributed by atoms with Gasteiger partial charge in [-0.1, -0.05) is 30.3 Å². The molecule has 13 heavy (non-hydrogen) atoms. The van der Waals surface area contributed by atoms with Crippen molar-refractivity contribution in [2.45, 2.75) is 25.2 Å². The van der Waals surface area contributed by atoms with Gasteiger partial charge in [0.1, 0.15) is 0 Å². The van der Waals surface area contributed by atoms with Crippen molar-refractivity contribution in [3.63, 3.8) is 0 Å². The Morgan fingerprint density at radius 1 is 1.00 bits per heavy atom. The number of rotatable bonds is 4. The molecular weight excluding hydrogens is 168 g/mol. The van der Waals surface area contributed by atoms with Crippen LogP contribution < -0.4 is 0 Å². The molecule has 3 heteroatoms. The summed E-state index contributed by atoms with van der Waals surface area (Å²) in [4.78, 5) is 0. The Bertz CT molecular complexity index is 238. The van der Waals surface area contributed by atoms with Crippen molar-refractivity contribution in [2.75, 3.05) is 0 Å². The molecule has 72 valence electrons. The predicted octanol–water partition coefficient (Wildman–Crippen LogP) is 0.640. The molecule has 0 bridgehead atoms. The van der Waals surface area contributed by atoms with E-state index in [0.717, 1.165) is 12.0 Å². The molecule has 1 rings (SSSR count). The smallest absolute Gasteiger partial charge is 0.275 e. The molecule has 1 aromatic rings. The quantitative estimate of drug-likeness (QED) is 0.599. The van der Waals surface area contributed by atoms with Gasteiger partial charge in [0, 0.05) is 6.42 Å². The Morgan fingerprint density at radius 3 is 2.15 bits per heavy atom. The van der Waals surface area contributed by atoms with Crippen LogP contribution in [0.5, 0.6) is 0 Å². The maximum absolute atomic E-state index is 8.61. The molecule has 0 heterocycles. The highest BCUT2D eigenvalue weighted by atomic mass is 16.7. The third-order valence-corrected chi connectivity index (χ3v) is 1.82. The standard InChI is InChI=1S/C10H14O3/c11-10(12,13)8-4-7-9-5-2-1-3-6-9/h1-3,5-6,11-13H,4,7-8H2. The summed E-state index contributed by atoms with van der Waals surface area (Å²) in [7, 11) is 0. The number of aliphatic hydroxyl groups is 3. The van der Waals surface area contributed by atoms with Gasteiger partial charge in [-0.15, -0.1) is 0 Å². The zero-order valence-corrected chi connectivity index (χ0v) is 7.35. The average Bonchev–Trinajstić information content (AvgIpc) is 2.04. The third-order valence-electron chi connectivity index (χ3n) is 1.82. The molecule has 0 amide bonds. The fourth-order valence-electron chi connectivity index (χ4n) is 1.17. The van der Waals surface area contributed by atoms with E-state index in [0.29, 0.717) is 6.42 Å². The molecule has 0 atom stereocenters. The molecule has 0 aliphatic rings. The van der Waals surface area contributed by atoms with Gasteiger partial charge in [0.25, 0.3) is 5.97 Å². The van der Waals surface area contributed by atoms with Gasteiger partial charge in [-0.3, -0.25) is 0 Å². The first-order chi connectivity index (χ1) is 6.08. The predicted molar refractivity (Wildman–Crippen MR) is 48.8 cm³/mol. The SMILES string of the molecule is OC(O)(O)CCCc1ccccc1. The first-order valence-corrected chi connectivity index (χ1v) is 4.29. The van der Waals surface area contributed by atoms with Crippen LogP contribution in [0.3, 0.4) is 0 Å². The lowest BCUT2D eigenvalue weighted by Crippen LogP contribution is -2.26. The maximum atomic E-state index is 8.61. The fourth-order valence-corrected chi connectivity index (χ4v) is 1.17. The summed E-state index contributed by atoms with van der Waals surface area (Å²) in [6.45, 7) is 0. The molecule has 0 fully saturated rings. The summed E-state index contributed by atoms with van der Waals surface area (Å²) in [6.07, 6.45) is 1.26. The second-order valence-corrected chi connectivity index (χ2v) is 3.11. The van der Waals surface area contributed by atoms with Crippen molar-refractivity contribution in [1.29, 1.82) is 0 Å². The van der Waals surface area contributed by atoms with Crippen molar-refractivity contribution >= 4 is 0 Å². The largest absolute Gasteiger partial charge is 0.344 e. The number of hydrogen-bond acceptors (Lipinski definition) is 3. The minimum Gasteiger partial charge on any atom is -0.344 e. The fraction of sp³-hybridized carbons (Fsp3) is 0.400. The second-order valence-electron chi connectivity index (χ2n) is 3.11. The van der Waals surface area contributed by atoms with E-state index in [9.17, 15) is 0 Å². The zero-order valence-electron chi connectivity index (χ0n) is 7.35. The van der Waals surface area contributed by atoms with Crippen molar-refractivity contribution in [3.8, 4) is 0 Å². The van der Waals surface area contributed by atoms with Gasteiger partial charge in [0.05, 0.1) is 0 Å². The molecule has 0 saturated heterocycles. The molecule has 0 aromatic heterocycles. The van der Waals surface area contributed by atoms with Crippen molar-refractivity contribution in [1.82, 2.24) is 0 Å². The van der Waals surface area contributed by atoms with E-state index in [2.05, 4.69) is 0 Å². The summed E-state index contributed by atoms with van der Waals surface area (Å²) >= 11 is 0. The van der Waals surface area contributed by atoms with Crippen molar-refractivity contribution in [3.05, 3.63) is 35.9 Å². The summed E-state index contributed by atoms with van der Waals surface area (Å²) < 4.78 is 0. The van der Waals surface area contributed by atoms with Crippen LogP contribution in [-0.4, -0.2) is 21.3 Å². The van der Waals surface area contributed by atoms with Gasteiger partial charge in [0.2, 0.25) is 0 Å². The molecule has 3 nitrogen and oxygen atoms in total. The summed E-state index contributed by atoms with van der Waals surface area (Å²) in [6, 6.07) is 9.72. The van der Waals surface area contributed by atoms with Gasteiger partial charge in [0.15, 0.2) is 0 Å². The first-order valence-electron chi connectivity index (χ1n) is 4.29. The highest BCUT2D eigenvalue weighted by Gasteiger charge is 2.16. The molecule has 0 radical (unpaired) electrons. The third kappa shape index (κ3) is 4.62. The van der Waals surface area contributed by atoms with Crippen LogP contribution in [0.25, 0.3) is 0 Å². The molecule has 0 saturated carbocycles. The Labute approximate surface area is 77.3 Å². The van der Waals surface area contributed by atoms with E-state index >= 15 is 0 Å². The van der Waals surface area contributed by atoms with Gasteiger partial charge in [-0.2, -0.15) is 0 Å². The number of benzene rings is 1. The highest BCUT2D eigenvalue weighted by Crippen LogP contribution is 2.09. The molecule has 0 aliphatic heterocycles. The van der Waals surface area contributed by atoms with E-state index < -0.39 is 5.97 Å². The molecule has 0 spiro atoms. The Kier molecular flexibility index (Phi) is 3.42. The van der Waals surface area contributed by atoms with E-state index in [-0.39, 0.29) is 6.42 Å². The van der Waals surface area contributed by atoms with Crippen LogP contribution in [0.15, 0.2) is 30.3 Å². The number of hydrogen-bond donors (Lipinski definition) is 3. The van der Waals surface area contributed by atoms with E-state index in [4.69, 9.17) is 15.3 Å². The Hall–Kier alpha value is -0.900. The lowest BCUT2D eigenvalue weighted by molar-refractivity contribution is -0.314. The maximum Gasteiger partial charge on any atom is 0.275 e. The Balaban J connectivity index is 2.29. The monoisotopic (exact) mass is 182 g/mol. The molecular formula is C10H14O3. The van der Waals surface area contributed by atoms with Crippen LogP contribution in [0.2, 0.25) is 0 Å². The zero-order chi connectivity index (χ0) is 9.73. The van der Waals surface area contributed by atoms with Crippen LogP contribution in [0.1, 0.15) is 18.4 Å². The normalized spacial score (nSPS) is 11.6. The van der Waals surface area contributed by atoms with Crippen LogP contribution in [-0.2, 0) is 6.42 Å². The molecule has 0 aliphatic carbocycles. The van der Waals surface area contributed by atoms with Crippen LogP contribution >= 0.6 is 0 Å². The summed E-state index contributed by atoms with van der Waals surface area (Å²) in [5.41, 5.74) is 1.13. The number of aryl methyl sites for hydroxylation is 1. The highest BCUT2D eigenvalue weighted by molar-refractivity contribution is 5.14. The Morgan fingerprint density at radius 2 is 1.62 bits per heavy atom. The topological polar surface area (TPSA) is 60.7 Å². The van der Waals surface area contributed by atoms with Gasteiger partial charge in [-0.05, 0) is 18.4 Å². The van der Waals surface area contributed by atoms with Crippen molar-refractivity contribution in [2.24, 2.45) is 0 Å². The molecule has 1 aromatic carbocycles. The average molecular weight is 182 g/mol. The van der Waals surface area contributed by atoms with Gasteiger partial charge >= 0.3 is 0 Å². The van der Waals surface area contributed by atoms with Crippen LogP contribution in [0, 0.1) is 0 Å². The summed E-state index contributed by atoms with van der Waals surface area (Å²) in [5, 5.41) is 25.8. The minimum absolute atomic E-state index is 0.0259. The van der Waals surface area contributed by atoms with Gasteiger partial charge < -0.3 is 15.3 Å². The lowest BCUT2D eigenvalue weighted by atomic mass is 10.1. The van der Waals surface area contributed by atoms with E-state index in [1.807, 2.05) is 30.3 Å². The minimum atomic E-state index is -2.52. The molecule has 0 unspecified atom stereocenters. The van der Waals surface area contributed by atoms with Crippen LogP contribution in [0.4, 0.5) is 0 Å².